The van der Waals surface area contributed by atoms with E-state index < -0.39 is 11.9 Å². The van der Waals surface area contributed by atoms with E-state index >= 15 is 0 Å². The number of nitrogens with one attached hydrogen (secondary N) is 2. The van der Waals surface area contributed by atoms with Gasteiger partial charge in [-0.3, -0.25) is 9.48 Å². The first-order valence-electron chi connectivity index (χ1n) is 10.6. The van der Waals surface area contributed by atoms with Crippen molar-refractivity contribution in [2.75, 3.05) is 11.9 Å². The second-order valence-electron chi connectivity index (χ2n) is 8.11. The van der Waals surface area contributed by atoms with Crippen LogP contribution in [0.2, 0.25) is 5.02 Å². The standard InChI is InChI=1S/C22H23ClF3N5O2/c23-14-4-5-18-17(8-14)19(10-20(30-18)22(24,25)26)28-15-2-1-3-16(9-15)29-21(33)13-11-27-31(12-13)6-7-32/h4-5,8,10-12,15-16,32H,1-3,6-7,9H2,(H,28,30)(H,29,33)/t15-,16+/m0/s1. The van der Waals surface area contributed by atoms with Gasteiger partial charge in [0.2, 0.25) is 0 Å². The normalized spacial score (nSPS) is 18.9. The molecule has 0 spiro atoms. The van der Waals surface area contributed by atoms with Gasteiger partial charge in [-0.2, -0.15) is 18.3 Å². The molecule has 0 aliphatic heterocycles. The highest BCUT2D eigenvalue weighted by molar-refractivity contribution is 6.31. The first-order valence-corrected chi connectivity index (χ1v) is 11.0. The number of anilines is 1. The van der Waals surface area contributed by atoms with Crippen LogP contribution in [-0.4, -0.2) is 44.5 Å². The summed E-state index contributed by atoms with van der Waals surface area (Å²) in [6.45, 7) is 0.218. The largest absolute Gasteiger partial charge is 0.433 e. The fourth-order valence-corrected chi connectivity index (χ4v) is 4.28. The summed E-state index contributed by atoms with van der Waals surface area (Å²) < 4.78 is 41.6. The molecule has 3 aromatic rings. The van der Waals surface area contributed by atoms with E-state index in [0.717, 1.165) is 25.3 Å². The molecule has 4 rings (SSSR count). The van der Waals surface area contributed by atoms with Crippen molar-refractivity contribution in [3.63, 3.8) is 0 Å². The van der Waals surface area contributed by atoms with Crippen LogP contribution in [0.1, 0.15) is 41.7 Å². The zero-order valence-corrected chi connectivity index (χ0v) is 18.3. The quantitative estimate of drug-likeness (QED) is 0.489. The van der Waals surface area contributed by atoms with Crippen LogP contribution in [0, 0.1) is 0 Å². The molecule has 1 amide bonds. The molecule has 1 aromatic carbocycles. The van der Waals surface area contributed by atoms with E-state index in [4.69, 9.17) is 16.7 Å². The molecule has 1 fully saturated rings. The van der Waals surface area contributed by atoms with Crippen LogP contribution in [0.4, 0.5) is 18.9 Å². The highest BCUT2D eigenvalue weighted by atomic mass is 35.5. The number of alkyl halides is 3. The number of nitrogens with zero attached hydrogens (tertiary/aromatic N) is 3. The molecular weight excluding hydrogens is 459 g/mol. The lowest BCUT2D eigenvalue weighted by atomic mass is 9.90. The Morgan fingerprint density at radius 3 is 2.79 bits per heavy atom. The van der Waals surface area contributed by atoms with Crippen molar-refractivity contribution in [2.45, 2.75) is 50.5 Å². The van der Waals surface area contributed by atoms with Gasteiger partial charge in [0.15, 0.2) is 0 Å². The predicted molar refractivity (Wildman–Crippen MR) is 118 cm³/mol. The molecule has 2 aromatic heterocycles. The average Bonchev–Trinajstić information content (AvgIpc) is 3.23. The summed E-state index contributed by atoms with van der Waals surface area (Å²) in [6.07, 6.45) is 1.32. The van der Waals surface area contributed by atoms with Gasteiger partial charge in [0, 0.05) is 34.4 Å². The molecule has 33 heavy (non-hydrogen) atoms. The van der Waals surface area contributed by atoms with Crippen LogP contribution in [0.15, 0.2) is 36.7 Å². The Balaban J connectivity index is 1.49. The summed E-state index contributed by atoms with van der Waals surface area (Å²) in [5, 5.41) is 20.1. The van der Waals surface area contributed by atoms with Crippen molar-refractivity contribution < 1.29 is 23.1 Å². The number of carbonyl (C=O) groups excluding carboxylic acids is 1. The first-order chi connectivity index (χ1) is 15.7. The SMILES string of the molecule is O=C(N[C@@H]1CCC[C@H](Nc2cc(C(F)(F)F)nc3ccc(Cl)cc23)C1)c1cnn(CCO)c1. The maximum atomic E-state index is 13.4. The number of carbonyl (C=O) groups is 1. The monoisotopic (exact) mass is 481 g/mol. The highest BCUT2D eigenvalue weighted by Crippen LogP contribution is 2.35. The number of rotatable bonds is 6. The maximum absolute atomic E-state index is 13.4. The molecule has 11 heteroatoms. The predicted octanol–water partition coefficient (Wildman–Crippen LogP) is 4.25. The fourth-order valence-electron chi connectivity index (χ4n) is 4.11. The van der Waals surface area contributed by atoms with Gasteiger partial charge in [-0.05, 0) is 49.9 Å². The number of hydrogen-bond acceptors (Lipinski definition) is 5. The summed E-state index contributed by atoms with van der Waals surface area (Å²) in [4.78, 5) is 16.3. The fraction of sp³-hybridized carbons (Fsp3) is 0.409. The van der Waals surface area contributed by atoms with Crippen molar-refractivity contribution >= 4 is 34.1 Å². The molecule has 1 saturated carbocycles. The Hall–Kier alpha value is -2.85. The smallest absolute Gasteiger partial charge is 0.394 e. The number of aromatic nitrogens is 3. The van der Waals surface area contributed by atoms with Gasteiger partial charge in [0.05, 0.1) is 30.4 Å². The van der Waals surface area contributed by atoms with Crippen molar-refractivity contribution in [3.05, 3.63) is 52.9 Å². The minimum Gasteiger partial charge on any atom is -0.394 e. The number of fused-ring (bicyclic) bond motifs is 1. The lowest BCUT2D eigenvalue weighted by molar-refractivity contribution is -0.140. The molecule has 2 atom stereocenters. The van der Waals surface area contributed by atoms with Gasteiger partial charge in [0.25, 0.3) is 5.91 Å². The van der Waals surface area contributed by atoms with Gasteiger partial charge < -0.3 is 15.7 Å². The van der Waals surface area contributed by atoms with Gasteiger partial charge in [-0.25, -0.2) is 4.98 Å². The van der Waals surface area contributed by atoms with Gasteiger partial charge in [-0.15, -0.1) is 0 Å². The Bertz CT molecular complexity index is 1150. The van der Waals surface area contributed by atoms with Crippen LogP contribution in [-0.2, 0) is 12.7 Å². The number of pyridine rings is 1. The number of aliphatic hydroxyl groups is 1. The van der Waals surface area contributed by atoms with E-state index in [-0.39, 0.29) is 30.1 Å². The van der Waals surface area contributed by atoms with E-state index in [1.54, 1.807) is 12.3 Å². The zero-order chi connectivity index (χ0) is 23.6. The van der Waals surface area contributed by atoms with Crippen LogP contribution in [0.3, 0.4) is 0 Å². The highest BCUT2D eigenvalue weighted by Gasteiger charge is 2.34. The number of benzene rings is 1. The summed E-state index contributed by atoms with van der Waals surface area (Å²) in [5.74, 6) is -0.273. The molecule has 176 valence electrons. The Morgan fingerprint density at radius 2 is 2.03 bits per heavy atom. The molecule has 1 aliphatic carbocycles. The van der Waals surface area contributed by atoms with Crippen molar-refractivity contribution in [1.29, 1.82) is 0 Å². The Labute approximate surface area is 192 Å². The lowest BCUT2D eigenvalue weighted by Crippen LogP contribution is -2.41. The molecule has 0 unspecified atom stereocenters. The van der Waals surface area contributed by atoms with Gasteiger partial charge in [-0.1, -0.05) is 11.6 Å². The lowest BCUT2D eigenvalue weighted by Gasteiger charge is -2.31. The Morgan fingerprint density at radius 1 is 1.24 bits per heavy atom. The van der Waals surface area contributed by atoms with Gasteiger partial charge in [0.1, 0.15) is 5.69 Å². The molecular formula is C22H23ClF3N5O2. The maximum Gasteiger partial charge on any atom is 0.433 e. The molecule has 7 nitrogen and oxygen atoms in total. The molecule has 0 saturated heterocycles. The molecule has 1 aliphatic rings. The minimum atomic E-state index is -4.58. The van der Waals surface area contributed by atoms with Crippen molar-refractivity contribution in [3.8, 4) is 0 Å². The second-order valence-corrected chi connectivity index (χ2v) is 8.54. The first kappa shape index (κ1) is 23.3. The van der Waals surface area contributed by atoms with Crippen molar-refractivity contribution in [2.24, 2.45) is 0 Å². The summed E-state index contributed by atoms with van der Waals surface area (Å²) >= 11 is 6.08. The Kier molecular flexibility index (Phi) is 6.76. The summed E-state index contributed by atoms with van der Waals surface area (Å²) in [6, 6.07) is 5.32. The van der Waals surface area contributed by atoms with E-state index in [1.165, 1.54) is 23.0 Å². The third-order valence-corrected chi connectivity index (χ3v) is 5.89. The molecule has 3 N–H and O–H groups in total. The minimum absolute atomic E-state index is 0.0797. The topological polar surface area (TPSA) is 92.1 Å². The summed E-state index contributed by atoms with van der Waals surface area (Å²) in [5.41, 5.74) is -0.0575. The second kappa shape index (κ2) is 9.56. The van der Waals surface area contributed by atoms with Crippen LogP contribution < -0.4 is 10.6 Å². The zero-order valence-electron chi connectivity index (χ0n) is 17.6. The van der Waals surface area contributed by atoms with Crippen LogP contribution in [0.5, 0.6) is 0 Å². The number of amides is 1. The van der Waals surface area contributed by atoms with E-state index in [0.29, 0.717) is 34.6 Å². The number of hydrogen-bond donors (Lipinski definition) is 3. The molecule has 2 heterocycles. The number of halogens is 4. The van der Waals surface area contributed by atoms with Crippen LogP contribution >= 0.6 is 11.6 Å². The van der Waals surface area contributed by atoms with E-state index in [9.17, 15) is 18.0 Å². The van der Waals surface area contributed by atoms with E-state index in [1.807, 2.05) is 0 Å². The summed E-state index contributed by atoms with van der Waals surface area (Å²) in [7, 11) is 0. The van der Waals surface area contributed by atoms with Gasteiger partial charge >= 0.3 is 6.18 Å². The average molecular weight is 482 g/mol. The number of aliphatic hydroxyl groups excluding tert-OH is 1. The van der Waals surface area contributed by atoms with Crippen LogP contribution in [0.25, 0.3) is 10.9 Å². The third-order valence-electron chi connectivity index (χ3n) is 5.65. The molecule has 0 radical (unpaired) electrons. The molecule has 0 bridgehead atoms. The third kappa shape index (κ3) is 5.56. The van der Waals surface area contributed by atoms with Crippen molar-refractivity contribution in [1.82, 2.24) is 20.1 Å². The van der Waals surface area contributed by atoms with E-state index in [2.05, 4.69) is 20.7 Å².